The summed E-state index contributed by atoms with van der Waals surface area (Å²) in [4.78, 5) is 28.9. The number of carbonyl (C=O) groups is 1. The lowest BCUT2D eigenvalue weighted by molar-refractivity contribution is -0.144. The highest BCUT2D eigenvalue weighted by atomic mass is 16.5. The maximum Gasteiger partial charge on any atom is 0.332 e. The standard InChI is InChI=1S/C11H12N2O3/c1-2-16-11(15)10(13-8-14)7-9-3-5-12-6-4-9/h3-6,10H,2,7H2,1H3. The van der Waals surface area contributed by atoms with Crippen molar-refractivity contribution in [2.24, 2.45) is 4.99 Å². The minimum atomic E-state index is -0.820. The van der Waals surface area contributed by atoms with E-state index in [9.17, 15) is 9.59 Å². The first-order chi connectivity index (χ1) is 7.77. The van der Waals surface area contributed by atoms with Gasteiger partial charge < -0.3 is 4.74 Å². The second kappa shape index (κ2) is 6.48. The minimum Gasteiger partial charge on any atom is -0.464 e. The molecule has 84 valence electrons. The van der Waals surface area contributed by atoms with Crippen molar-refractivity contribution in [1.82, 2.24) is 4.98 Å². The summed E-state index contributed by atoms with van der Waals surface area (Å²) < 4.78 is 4.80. The van der Waals surface area contributed by atoms with E-state index in [1.165, 1.54) is 6.08 Å². The highest BCUT2D eigenvalue weighted by Gasteiger charge is 2.19. The molecule has 5 heteroatoms. The van der Waals surface area contributed by atoms with Crippen LogP contribution in [0.2, 0.25) is 0 Å². The second-order valence-corrected chi connectivity index (χ2v) is 3.05. The van der Waals surface area contributed by atoms with Gasteiger partial charge in [0, 0.05) is 18.8 Å². The Labute approximate surface area is 93.2 Å². The summed E-state index contributed by atoms with van der Waals surface area (Å²) in [6.07, 6.45) is 4.93. The quantitative estimate of drug-likeness (QED) is 0.420. The van der Waals surface area contributed by atoms with Crippen molar-refractivity contribution in [2.45, 2.75) is 19.4 Å². The number of carbonyl (C=O) groups excluding carboxylic acids is 2. The van der Waals surface area contributed by atoms with Crippen LogP contribution in [-0.4, -0.2) is 29.7 Å². The smallest absolute Gasteiger partial charge is 0.332 e. The molecule has 0 radical (unpaired) electrons. The summed E-state index contributed by atoms with van der Waals surface area (Å²) in [7, 11) is 0. The Hall–Kier alpha value is -2.00. The molecular weight excluding hydrogens is 208 g/mol. The van der Waals surface area contributed by atoms with Gasteiger partial charge in [0.2, 0.25) is 6.08 Å². The zero-order valence-electron chi connectivity index (χ0n) is 8.92. The van der Waals surface area contributed by atoms with Crippen LogP contribution < -0.4 is 0 Å². The molecule has 1 unspecified atom stereocenters. The van der Waals surface area contributed by atoms with Crippen LogP contribution in [0, 0.1) is 0 Å². The number of nitrogens with zero attached hydrogens (tertiary/aromatic N) is 2. The van der Waals surface area contributed by atoms with Gasteiger partial charge in [0.25, 0.3) is 0 Å². The van der Waals surface area contributed by atoms with Crippen molar-refractivity contribution in [3.63, 3.8) is 0 Å². The predicted octanol–water partition coefficient (Wildman–Crippen LogP) is 0.892. The third kappa shape index (κ3) is 3.63. The molecule has 16 heavy (non-hydrogen) atoms. The van der Waals surface area contributed by atoms with E-state index >= 15 is 0 Å². The first-order valence-electron chi connectivity index (χ1n) is 4.90. The second-order valence-electron chi connectivity index (χ2n) is 3.05. The molecule has 0 fully saturated rings. The molecule has 0 saturated heterocycles. The van der Waals surface area contributed by atoms with Gasteiger partial charge in [-0.05, 0) is 24.6 Å². The van der Waals surface area contributed by atoms with Gasteiger partial charge in [0.1, 0.15) is 0 Å². The predicted molar refractivity (Wildman–Crippen MR) is 56.5 cm³/mol. The largest absolute Gasteiger partial charge is 0.464 e. The first kappa shape index (κ1) is 12.1. The molecule has 0 saturated carbocycles. The van der Waals surface area contributed by atoms with Crippen LogP contribution in [0.15, 0.2) is 29.5 Å². The molecule has 1 aromatic heterocycles. The van der Waals surface area contributed by atoms with Crippen molar-refractivity contribution in [2.75, 3.05) is 6.61 Å². The Morgan fingerprint density at radius 1 is 1.56 bits per heavy atom. The molecular formula is C11H12N2O3. The van der Waals surface area contributed by atoms with Gasteiger partial charge in [-0.2, -0.15) is 4.99 Å². The number of rotatable bonds is 5. The van der Waals surface area contributed by atoms with Gasteiger partial charge in [-0.3, -0.25) is 4.98 Å². The van der Waals surface area contributed by atoms with E-state index in [0.717, 1.165) is 5.56 Å². The molecule has 1 aromatic rings. The van der Waals surface area contributed by atoms with E-state index in [2.05, 4.69) is 9.98 Å². The highest BCUT2D eigenvalue weighted by molar-refractivity contribution is 5.77. The van der Waals surface area contributed by atoms with E-state index in [1.54, 1.807) is 31.5 Å². The van der Waals surface area contributed by atoms with Crippen molar-refractivity contribution in [1.29, 1.82) is 0 Å². The number of hydrogen-bond donors (Lipinski definition) is 0. The topological polar surface area (TPSA) is 68.6 Å². The number of ether oxygens (including phenoxy) is 1. The van der Waals surface area contributed by atoms with E-state index in [4.69, 9.17) is 4.74 Å². The molecule has 1 rings (SSSR count). The number of aliphatic imine (C=N–C) groups is 1. The van der Waals surface area contributed by atoms with E-state index < -0.39 is 12.0 Å². The zero-order valence-corrected chi connectivity index (χ0v) is 8.92. The van der Waals surface area contributed by atoms with E-state index in [-0.39, 0.29) is 6.61 Å². The average molecular weight is 220 g/mol. The Morgan fingerprint density at radius 3 is 2.81 bits per heavy atom. The zero-order chi connectivity index (χ0) is 11.8. The maximum absolute atomic E-state index is 11.4. The van der Waals surface area contributed by atoms with Gasteiger partial charge in [-0.1, -0.05) is 0 Å². The Balaban J connectivity index is 2.72. The lowest BCUT2D eigenvalue weighted by atomic mass is 10.1. The van der Waals surface area contributed by atoms with Crippen LogP contribution in [0.3, 0.4) is 0 Å². The van der Waals surface area contributed by atoms with E-state index in [0.29, 0.717) is 6.42 Å². The van der Waals surface area contributed by atoms with Gasteiger partial charge >= 0.3 is 5.97 Å². The number of aromatic nitrogens is 1. The minimum absolute atomic E-state index is 0.264. The van der Waals surface area contributed by atoms with Gasteiger partial charge in [0.15, 0.2) is 6.04 Å². The molecule has 0 aliphatic heterocycles. The number of esters is 1. The van der Waals surface area contributed by atoms with Gasteiger partial charge in [-0.15, -0.1) is 0 Å². The van der Waals surface area contributed by atoms with Crippen LogP contribution in [0.1, 0.15) is 12.5 Å². The molecule has 1 heterocycles. The van der Waals surface area contributed by atoms with Gasteiger partial charge in [0.05, 0.1) is 6.61 Å². The fraction of sp³-hybridized carbons (Fsp3) is 0.364. The lowest BCUT2D eigenvalue weighted by Gasteiger charge is -2.09. The van der Waals surface area contributed by atoms with Crippen molar-refractivity contribution in [3.05, 3.63) is 30.1 Å². The summed E-state index contributed by atoms with van der Waals surface area (Å²) in [6.45, 7) is 1.96. The first-order valence-corrected chi connectivity index (χ1v) is 4.90. The molecule has 0 amide bonds. The summed E-state index contributed by atoms with van der Waals surface area (Å²) in [5.41, 5.74) is 0.868. The summed E-state index contributed by atoms with van der Waals surface area (Å²) in [6, 6.07) is 2.69. The third-order valence-corrected chi connectivity index (χ3v) is 1.95. The summed E-state index contributed by atoms with van der Waals surface area (Å²) >= 11 is 0. The molecule has 0 N–H and O–H groups in total. The van der Waals surface area contributed by atoms with Crippen LogP contribution in [0.5, 0.6) is 0 Å². The lowest BCUT2D eigenvalue weighted by Crippen LogP contribution is -2.23. The molecule has 1 atom stereocenters. The number of hydrogen-bond acceptors (Lipinski definition) is 5. The molecule has 5 nitrogen and oxygen atoms in total. The maximum atomic E-state index is 11.4. The van der Waals surface area contributed by atoms with Crippen LogP contribution in [0.4, 0.5) is 0 Å². The Bertz CT molecular complexity index is 385. The van der Waals surface area contributed by atoms with Crippen LogP contribution >= 0.6 is 0 Å². The highest BCUT2D eigenvalue weighted by Crippen LogP contribution is 2.06. The molecule has 0 bridgehead atoms. The number of isocyanates is 1. The van der Waals surface area contributed by atoms with Crippen molar-refractivity contribution in [3.8, 4) is 0 Å². The van der Waals surface area contributed by atoms with E-state index in [1.807, 2.05) is 0 Å². The normalized spacial score (nSPS) is 11.3. The van der Waals surface area contributed by atoms with Crippen LogP contribution in [0.25, 0.3) is 0 Å². The monoisotopic (exact) mass is 220 g/mol. The van der Waals surface area contributed by atoms with Crippen molar-refractivity contribution >= 4 is 12.0 Å². The fourth-order valence-corrected chi connectivity index (χ4v) is 1.23. The molecule has 0 spiro atoms. The van der Waals surface area contributed by atoms with Crippen molar-refractivity contribution < 1.29 is 14.3 Å². The van der Waals surface area contributed by atoms with Gasteiger partial charge in [-0.25, -0.2) is 9.59 Å². The SMILES string of the molecule is CCOC(=O)C(Cc1ccncc1)N=C=O. The fourth-order valence-electron chi connectivity index (χ4n) is 1.23. The molecule has 0 aromatic carbocycles. The summed E-state index contributed by atoms with van der Waals surface area (Å²) in [5, 5.41) is 0. The summed E-state index contributed by atoms with van der Waals surface area (Å²) in [5.74, 6) is -0.511. The van der Waals surface area contributed by atoms with Crippen LogP contribution in [-0.2, 0) is 20.7 Å². The molecule has 0 aliphatic carbocycles. The Kier molecular flexibility index (Phi) is 4.89. The third-order valence-electron chi connectivity index (χ3n) is 1.95. The average Bonchev–Trinajstić information content (AvgIpc) is 2.30. The molecule has 0 aliphatic rings. The number of pyridine rings is 1. The Morgan fingerprint density at radius 2 is 2.25 bits per heavy atom.